The van der Waals surface area contributed by atoms with E-state index in [2.05, 4.69) is 15.9 Å². The molecule has 2 rings (SSSR count). The Kier molecular flexibility index (Phi) is 2.67. The van der Waals surface area contributed by atoms with Gasteiger partial charge in [-0.25, -0.2) is 0 Å². The SMILES string of the molecule is O[C@@H]1COC[C@H]1c1ccc(Br)cc1. The van der Waals surface area contributed by atoms with Crippen LogP contribution in [-0.4, -0.2) is 24.4 Å². The number of hydrogen-bond donors (Lipinski definition) is 1. The summed E-state index contributed by atoms with van der Waals surface area (Å²) in [5.41, 5.74) is 1.15. The second-order valence-electron chi connectivity index (χ2n) is 3.26. The lowest BCUT2D eigenvalue weighted by Gasteiger charge is -2.12. The van der Waals surface area contributed by atoms with Crippen molar-refractivity contribution in [1.82, 2.24) is 0 Å². The normalized spacial score (nSPS) is 27.8. The van der Waals surface area contributed by atoms with Crippen LogP contribution in [0.4, 0.5) is 0 Å². The number of hydrogen-bond acceptors (Lipinski definition) is 2. The summed E-state index contributed by atoms with van der Waals surface area (Å²) >= 11 is 3.38. The molecule has 13 heavy (non-hydrogen) atoms. The van der Waals surface area contributed by atoms with Crippen LogP contribution in [0.1, 0.15) is 11.5 Å². The van der Waals surface area contributed by atoms with Crippen molar-refractivity contribution in [3.05, 3.63) is 34.3 Å². The van der Waals surface area contributed by atoms with Crippen molar-refractivity contribution in [3.8, 4) is 0 Å². The Morgan fingerprint density at radius 3 is 2.46 bits per heavy atom. The molecule has 1 aliphatic rings. The van der Waals surface area contributed by atoms with Crippen LogP contribution in [0.25, 0.3) is 0 Å². The van der Waals surface area contributed by atoms with Gasteiger partial charge in [-0.2, -0.15) is 0 Å². The highest BCUT2D eigenvalue weighted by Gasteiger charge is 2.27. The summed E-state index contributed by atoms with van der Waals surface area (Å²) in [5, 5.41) is 9.57. The van der Waals surface area contributed by atoms with E-state index < -0.39 is 0 Å². The van der Waals surface area contributed by atoms with Gasteiger partial charge in [0.05, 0.1) is 19.3 Å². The van der Waals surface area contributed by atoms with Crippen LogP contribution in [-0.2, 0) is 4.74 Å². The maximum Gasteiger partial charge on any atom is 0.0864 e. The summed E-state index contributed by atoms with van der Waals surface area (Å²) in [4.78, 5) is 0. The van der Waals surface area contributed by atoms with Crippen molar-refractivity contribution >= 4 is 15.9 Å². The molecule has 3 heteroatoms. The fourth-order valence-corrected chi connectivity index (χ4v) is 1.84. The Morgan fingerprint density at radius 1 is 1.23 bits per heavy atom. The average molecular weight is 243 g/mol. The minimum atomic E-state index is -0.346. The van der Waals surface area contributed by atoms with Gasteiger partial charge in [0, 0.05) is 10.4 Å². The second-order valence-corrected chi connectivity index (χ2v) is 4.18. The first-order chi connectivity index (χ1) is 6.27. The van der Waals surface area contributed by atoms with Crippen molar-refractivity contribution in [3.63, 3.8) is 0 Å². The largest absolute Gasteiger partial charge is 0.390 e. The van der Waals surface area contributed by atoms with E-state index in [0.717, 1.165) is 10.0 Å². The first kappa shape index (κ1) is 9.19. The predicted octanol–water partition coefficient (Wildman–Crippen LogP) is 1.92. The van der Waals surface area contributed by atoms with Gasteiger partial charge < -0.3 is 9.84 Å². The lowest BCUT2D eigenvalue weighted by molar-refractivity contribution is 0.124. The predicted molar refractivity (Wildman–Crippen MR) is 53.7 cm³/mol. The summed E-state index contributed by atoms with van der Waals surface area (Å²) in [5.74, 6) is 0.146. The van der Waals surface area contributed by atoms with Crippen LogP contribution in [0.2, 0.25) is 0 Å². The van der Waals surface area contributed by atoms with Gasteiger partial charge in [-0.15, -0.1) is 0 Å². The zero-order chi connectivity index (χ0) is 9.26. The molecule has 2 atom stereocenters. The molecule has 0 amide bonds. The van der Waals surface area contributed by atoms with E-state index in [4.69, 9.17) is 4.74 Å². The minimum absolute atomic E-state index is 0.146. The van der Waals surface area contributed by atoms with E-state index in [0.29, 0.717) is 13.2 Å². The van der Waals surface area contributed by atoms with Gasteiger partial charge in [0.2, 0.25) is 0 Å². The molecule has 70 valence electrons. The molecule has 1 saturated heterocycles. The number of ether oxygens (including phenoxy) is 1. The summed E-state index contributed by atoms with van der Waals surface area (Å²) in [6.45, 7) is 1.09. The number of aliphatic hydroxyl groups is 1. The molecule has 0 radical (unpaired) electrons. The fraction of sp³-hybridized carbons (Fsp3) is 0.400. The molecule has 0 aromatic heterocycles. The van der Waals surface area contributed by atoms with Crippen molar-refractivity contribution in [2.24, 2.45) is 0 Å². The van der Waals surface area contributed by atoms with Crippen LogP contribution in [0, 0.1) is 0 Å². The maximum absolute atomic E-state index is 9.57. The van der Waals surface area contributed by atoms with Gasteiger partial charge in [0.15, 0.2) is 0 Å². The van der Waals surface area contributed by atoms with E-state index in [1.54, 1.807) is 0 Å². The Hall–Kier alpha value is -0.380. The van der Waals surface area contributed by atoms with E-state index in [1.165, 1.54) is 0 Å². The second kappa shape index (κ2) is 3.78. The number of aliphatic hydroxyl groups excluding tert-OH is 1. The highest BCUT2D eigenvalue weighted by molar-refractivity contribution is 9.10. The van der Waals surface area contributed by atoms with Gasteiger partial charge in [0.1, 0.15) is 0 Å². The molecular formula is C10H11BrO2. The van der Waals surface area contributed by atoms with Gasteiger partial charge >= 0.3 is 0 Å². The monoisotopic (exact) mass is 242 g/mol. The molecule has 1 aromatic carbocycles. The first-order valence-corrected chi connectivity index (χ1v) is 5.08. The molecule has 0 aliphatic carbocycles. The molecule has 1 aromatic rings. The third-order valence-electron chi connectivity index (χ3n) is 2.35. The highest BCUT2D eigenvalue weighted by Crippen LogP contribution is 2.26. The molecule has 1 N–H and O–H groups in total. The van der Waals surface area contributed by atoms with E-state index in [1.807, 2.05) is 24.3 Å². The van der Waals surface area contributed by atoms with E-state index >= 15 is 0 Å². The van der Waals surface area contributed by atoms with Crippen LogP contribution in [0.15, 0.2) is 28.7 Å². The van der Waals surface area contributed by atoms with E-state index in [-0.39, 0.29) is 12.0 Å². The van der Waals surface area contributed by atoms with E-state index in [9.17, 15) is 5.11 Å². The van der Waals surface area contributed by atoms with Gasteiger partial charge in [-0.05, 0) is 17.7 Å². The summed E-state index contributed by atoms with van der Waals surface area (Å²) in [6.07, 6.45) is -0.346. The Bertz CT molecular complexity index is 283. The lowest BCUT2D eigenvalue weighted by atomic mass is 9.97. The van der Waals surface area contributed by atoms with Crippen LogP contribution in [0.3, 0.4) is 0 Å². The molecule has 1 heterocycles. The van der Waals surface area contributed by atoms with Crippen LogP contribution in [0.5, 0.6) is 0 Å². The Labute approximate surface area is 85.7 Å². The van der Waals surface area contributed by atoms with Gasteiger partial charge in [-0.1, -0.05) is 28.1 Å². The van der Waals surface area contributed by atoms with Gasteiger partial charge in [0.25, 0.3) is 0 Å². The number of benzene rings is 1. The zero-order valence-corrected chi connectivity index (χ0v) is 8.70. The third-order valence-corrected chi connectivity index (χ3v) is 2.88. The minimum Gasteiger partial charge on any atom is -0.390 e. The molecule has 0 saturated carbocycles. The molecule has 0 unspecified atom stereocenters. The molecular weight excluding hydrogens is 232 g/mol. The fourth-order valence-electron chi connectivity index (χ4n) is 1.57. The first-order valence-electron chi connectivity index (χ1n) is 4.28. The smallest absolute Gasteiger partial charge is 0.0864 e. The molecule has 1 aliphatic heterocycles. The number of rotatable bonds is 1. The topological polar surface area (TPSA) is 29.5 Å². The van der Waals surface area contributed by atoms with Crippen molar-refractivity contribution in [1.29, 1.82) is 0 Å². The van der Waals surface area contributed by atoms with Gasteiger partial charge in [-0.3, -0.25) is 0 Å². The molecule has 0 spiro atoms. The summed E-state index contributed by atoms with van der Waals surface area (Å²) < 4.78 is 6.25. The molecule has 2 nitrogen and oxygen atoms in total. The van der Waals surface area contributed by atoms with Crippen molar-refractivity contribution < 1.29 is 9.84 Å². The maximum atomic E-state index is 9.57. The standard InChI is InChI=1S/C10H11BrO2/c11-8-3-1-7(2-4-8)9-5-13-6-10(9)12/h1-4,9-10,12H,5-6H2/t9-,10+/m0/s1. The van der Waals surface area contributed by atoms with Crippen LogP contribution >= 0.6 is 15.9 Å². The van der Waals surface area contributed by atoms with Crippen LogP contribution < -0.4 is 0 Å². The third kappa shape index (κ3) is 1.93. The highest BCUT2D eigenvalue weighted by atomic mass is 79.9. The Balaban J connectivity index is 2.20. The molecule has 0 bridgehead atoms. The summed E-state index contributed by atoms with van der Waals surface area (Å²) in [7, 11) is 0. The Morgan fingerprint density at radius 2 is 1.92 bits per heavy atom. The summed E-state index contributed by atoms with van der Waals surface area (Å²) in [6, 6.07) is 8.01. The lowest BCUT2D eigenvalue weighted by Crippen LogP contribution is -2.15. The average Bonchev–Trinajstić information content (AvgIpc) is 2.53. The van der Waals surface area contributed by atoms with Crippen molar-refractivity contribution in [2.75, 3.05) is 13.2 Å². The van der Waals surface area contributed by atoms with Crippen molar-refractivity contribution in [2.45, 2.75) is 12.0 Å². The molecule has 1 fully saturated rings. The number of halogens is 1. The zero-order valence-electron chi connectivity index (χ0n) is 7.11. The quantitative estimate of drug-likeness (QED) is 0.816.